The van der Waals surface area contributed by atoms with Crippen molar-refractivity contribution in [3.63, 3.8) is 0 Å². The number of para-hydroxylation sites is 3. The average molecular weight is 845 g/mol. The van der Waals surface area contributed by atoms with Crippen molar-refractivity contribution in [2.75, 3.05) is 9.80 Å². The summed E-state index contributed by atoms with van der Waals surface area (Å²) < 4.78 is 0. The molecule has 0 bridgehead atoms. The Bertz CT molecular complexity index is 3140. The Kier molecular flexibility index (Phi) is 9.20. The van der Waals surface area contributed by atoms with Gasteiger partial charge in [0.05, 0.1) is 5.69 Å². The molecule has 1 aliphatic rings. The first-order valence-electron chi connectivity index (χ1n) is 19.5. The number of hydrogen-bond acceptors (Lipinski definition) is 7. The summed E-state index contributed by atoms with van der Waals surface area (Å²) in [7, 11) is 0. The first kappa shape index (κ1) is 36.4. The van der Waals surface area contributed by atoms with E-state index in [2.05, 4.69) is 138 Å². The minimum atomic E-state index is -0.295. The third-order valence-corrected chi connectivity index (χ3v) is 15.8. The molecule has 2 amide bonds. The Labute approximate surface area is 363 Å². The van der Waals surface area contributed by atoms with Gasteiger partial charge in [0.25, 0.3) is 11.8 Å². The Morgan fingerprint density at radius 1 is 0.333 bits per heavy atom. The van der Waals surface area contributed by atoms with Crippen LogP contribution in [0.1, 0.15) is 20.7 Å². The standard InChI is InChI=1S/C52H32N2O2S4/c55-51-40-18-10-17-39-38(23-24-41(50(39)40)52(56)54(51)36-15-8-3-9-16-36)43-26-28-45(58-43)47-30-32-49(60-47)48-31-29-46(59-48)44-27-25-42(57-44)33-19-21-37(22-20-33)53(34-11-4-1-5-12-34)35-13-6-2-7-14-35/h1-32H. The highest BCUT2D eigenvalue weighted by Crippen LogP contribution is 2.47. The molecule has 4 nitrogen and oxygen atoms in total. The van der Waals surface area contributed by atoms with Crippen molar-refractivity contribution in [1.29, 1.82) is 0 Å². The van der Waals surface area contributed by atoms with E-state index in [0.717, 1.165) is 38.3 Å². The zero-order valence-electron chi connectivity index (χ0n) is 31.8. The second-order valence-electron chi connectivity index (χ2n) is 14.4. The molecule has 0 saturated heterocycles. The molecule has 0 saturated carbocycles. The maximum Gasteiger partial charge on any atom is 0.265 e. The molecule has 0 atom stereocenters. The van der Waals surface area contributed by atoms with E-state index in [1.165, 1.54) is 44.6 Å². The first-order chi connectivity index (χ1) is 29.6. The van der Waals surface area contributed by atoms with Crippen molar-refractivity contribution in [2.45, 2.75) is 0 Å². The lowest BCUT2D eigenvalue weighted by Gasteiger charge is -2.27. The summed E-state index contributed by atoms with van der Waals surface area (Å²) in [5.74, 6) is -0.591. The highest BCUT2D eigenvalue weighted by molar-refractivity contribution is 7.29. The molecule has 0 radical (unpaired) electrons. The molecule has 0 N–H and O–H groups in total. The fraction of sp³-hybridized carbons (Fsp3) is 0. The number of carbonyl (C=O) groups is 2. The number of benzene rings is 6. The number of imide groups is 1. The van der Waals surface area contributed by atoms with Crippen LogP contribution in [0.2, 0.25) is 0 Å². The summed E-state index contributed by atoms with van der Waals surface area (Å²) in [6.45, 7) is 0. The average Bonchev–Trinajstić information content (AvgIpc) is 4.15. The fourth-order valence-electron chi connectivity index (χ4n) is 7.94. The number of thiophene rings is 4. The normalized spacial score (nSPS) is 12.4. The zero-order chi connectivity index (χ0) is 40.2. The van der Waals surface area contributed by atoms with E-state index in [0.29, 0.717) is 16.8 Å². The minimum Gasteiger partial charge on any atom is -0.311 e. The monoisotopic (exact) mass is 844 g/mol. The van der Waals surface area contributed by atoms with Gasteiger partial charge in [-0.2, -0.15) is 0 Å². The van der Waals surface area contributed by atoms with Crippen molar-refractivity contribution < 1.29 is 9.59 Å². The Morgan fingerprint density at radius 2 is 0.750 bits per heavy atom. The van der Waals surface area contributed by atoms with E-state index in [9.17, 15) is 9.59 Å². The molecule has 0 fully saturated rings. The van der Waals surface area contributed by atoms with Crippen LogP contribution in [0.5, 0.6) is 0 Å². The summed E-state index contributed by atoms with van der Waals surface area (Å²) in [5.41, 5.74) is 7.26. The lowest BCUT2D eigenvalue weighted by atomic mass is 9.90. The summed E-state index contributed by atoms with van der Waals surface area (Å²) in [6, 6.07) is 66.4. The van der Waals surface area contributed by atoms with Gasteiger partial charge in [-0.05, 0) is 126 Å². The van der Waals surface area contributed by atoms with E-state index in [1.54, 1.807) is 34.8 Å². The number of anilines is 4. The Balaban J connectivity index is 0.823. The van der Waals surface area contributed by atoms with Gasteiger partial charge < -0.3 is 4.90 Å². The zero-order valence-corrected chi connectivity index (χ0v) is 35.1. The lowest BCUT2D eigenvalue weighted by molar-refractivity contribution is 0.0893. The fourth-order valence-corrected chi connectivity index (χ4v) is 12.3. The molecule has 4 aromatic heterocycles. The van der Waals surface area contributed by atoms with Crippen LogP contribution in [-0.4, -0.2) is 11.8 Å². The van der Waals surface area contributed by atoms with Crippen LogP contribution in [0.3, 0.4) is 0 Å². The third-order valence-electron chi connectivity index (χ3n) is 10.8. The maximum atomic E-state index is 13.7. The van der Waals surface area contributed by atoms with Crippen LogP contribution in [0.15, 0.2) is 194 Å². The number of nitrogens with zero attached hydrogens (tertiary/aromatic N) is 2. The maximum absolute atomic E-state index is 13.7. The second-order valence-corrected chi connectivity index (χ2v) is 18.7. The van der Waals surface area contributed by atoms with Gasteiger partial charge in [0.1, 0.15) is 0 Å². The van der Waals surface area contributed by atoms with Crippen LogP contribution in [0.25, 0.3) is 60.9 Å². The van der Waals surface area contributed by atoms with Crippen LogP contribution in [0.4, 0.5) is 22.7 Å². The van der Waals surface area contributed by atoms with Crippen LogP contribution >= 0.6 is 45.3 Å². The van der Waals surface area contributed by atoms with Crippen molar-refractivity contribution in [2.24, 2.45) is 0 Å². The van der Waals surface area contributed by atoms with Crippen molar-refractivity contribution in [3.05, 3.63) is 205 Å². The van der Waals surface area contributed by atoms with Gasteiger partial charge in [0.2, 0.25) is 0 Å². The molecule has 1 aliphatic heterocycles. The van der Waals surface area contributed by atoms with Gasteiger partial charge in [-0.25, -0.2) is 4.90 Å². The number of rotatable bonds is 9. The molecule has 11 rings (SSSR count). The molecule has 10 aromatic rings. The number of amides is 2. The van der Waals surface area contributed by atoms with Crippen LogP contribution < -0.4 is 9.80 Å². The molecule has 286 valence electrons. The van der Waals surface area contributed by atoms with Crippen molar-refractivity contribution in [3.8, 4) is 50.1 Å². The van der Waals surface area contributed by atoms with E-state index in [4.69, 9.17) is 0 Å². The van der Waals surface area contributed by atoms with E-state index >= 15 is 0 Å². The van der Waals surface area contributed by atoms with Gasteiger partial charge in [-0.15, -0.1) is 45.3 Å². The molecular weight excluding hydrogens is 813 g/mol. The Hall–Kier alpha value is -6.68. The number of carbonyl (C=O) groups excluding carboxylic acids is 2. The second kappa shape index (κ2) is 15.2. The predicted molar refractivity (Wildman–Crippen MR) is 255 cm³/mol. The predicted octanol–water partition coefficient (Wildman–Crippen LogP) is 15.7. The van der Waals surface area contributed by atoms with Crippen LogP contribution in [0, 0.1) is 0 Å². The summed E-state index contributed by atoms with van der Waals surface area (Å²) in [5, 5.41) is 1.64. The number of hydrogen-bond donors (Lipinski definition) is 0. The summed E-state index contributed by atoms with van der Waals surface area (Å²) >= 11 is 7.19. The van der Waals surface area contributed by atoms with Gasteiger partial charge >= 0.3 is 0 Å². The van der Waals surface area contributed by atoms with E-state index in [-0.39, 0.29) is 11.8 Å². The van der Waals surface area contributed by atoms with Crippen LogP contribution in [-0.2, 0) is 0 Å². The molecular formula is C52H32N2O2S4. The summed E-state index contributed by atoms with van der Waals surface area (Å²) in [4.78, 5) is 40.8. The highest BCUT2D eigenvalue weighted by Gasteiger charge is 2.34. The van der Waals surface area contributed by atoms with Crippen molar-refractivity contribution in [1.82, 2.24) is 0 Å². The largest absolute Gasteiger partial charge is 0.311 e. The topological polar surface area (TPSA) is 40.6 Å². The molecule has 0 unspecified atom stereocenters. The highest BCUT2D eigenvalue weighted by atomic mass is 32.1. The van der Waals surface area contributed by atoms with Gasteiger partial charge in [0, 0.05) is 72.6 Å². The molecule has 60 heavy (non-hydrogen) atoms. The molecule has 8 heteroatoms. The van der Waals surface area contributed by atoms with E-state index < -0.39 is 0 Å². The van der Waals surface area contributed by atoms with Gasteiger partial charge in [-0.3, -0.25) is 9.59 Å². The minimum absolute atomic E-state index is 0.295. The summed E-state index contributed by atoms with van der Waals surface area (Å²) in [6.07, 6.45) is 0. The smallest absolute Gasteiger partial charge is 0.265 e. The molecule has 6 aromatic carbocycles. The first-order valence-corrected chi connectivity index (χ1v) is 22.7. The van der Waals surface area contributed by atoms with Gasteiger partial charge in [-0.1, -0.05) is 84.9 Å². The Morgan fingerprint density at radius 3 is 1.30 bits per heavy atom. The molecule has 0 aliphatic carbocycles. The van der Waals surface area contributed by atoms with E-state index in [1.807, 2.05) is 71.2 Å². The molecule has 0 spiro atoms. The quantitative estimate of drug-likeness (QED) is 0.136. The van der Waals surface area contributed by atoms with Gasteiger partial charge in [0.15, 0.2) is 0 Å². The molecule has 5 heterocycles. The lowest BCUT2D eigenvalue weighted by Crippen LogP contribution is -2.40. The van der Waals surface area contributed by atoms with Crippen molar-refractivity contribution >= 4 is 90.7 Å². The third kappa shape index (κ3) is 6.42. The SMILES string of the molecule is O=C1c2cccc3c(-c4ccc(-c5ccc(-c6ccc(-c7ccc(-c8ccc(N(c9ccccc9)c9ccccc9)cc8)s7)s6)s5)s4)ccc(c23)C(=O)N1c1ccccc1.